The van der Waals surface area contributed by atoms with Gasteiger partial charge in [-0.3, -0.25) is 9.59 Å². The molecule has 0 aromatic heterocycles. The lowest BCUT2D eigenvalue weighted by Crippen LogP contribution is -2.40. The van der Waals surface area contributed by atoms with Gasteiger partial charge in [0.1, 0.15) is 5.82 Å². The third kappa shape index (κ3) is 5.04. The summed E-state index contributed by atoms with van der Waals surface area (Å²) in [5.74, 6) is -0.401. The topological polar surface area (TPSA) is 67.4 Å². The van der Waals surface area contributed by atoms with Crippen molar-refractivity contribution in [3.63, 3.8) is 0 Å². The lowest BCUT2D eigenvalue weighted by molar-refractivity contribution is -0.143. The van der Waals surface area contributed by atoms with Crippen molar-refractivity contribution in [1.29, 1.82) is 0 Å². The van der Waals surface area contributed by atoms with Crippen molar-refractivity contribution < 1.29 is 18.7 Å². The van der Waals surface area contributed by atoms with E-state index in [9.17, 15) is 14.0 Å². The number of fused-ring (bicyclic) bond motifs is 2. The minimum atomic E-state index is -0.499. The molecule has 3 atom stereocenters. The van der Waals surface area contributed by atoms with Crippen LogP contribution in [0.5, 0.6) is 0 Å². The zero-order valence-electron chi connectivity index (χ0n) is 15.2. The number of carbonyl (C=O) groups excluding carboxylic acids is 2. The van der Waals surface area contributed by atoms with E-state index in [0.29, 0.717) is 36.6 Å². The van der Waals surface area contributed by atoms with Crippen LogP contribution >= 0.6 is 0 Å². The van der Waals surface area contributed by atoms with Crippen LogP contribution in [0.3, 0.4) is 0 Å². The molecule has 26 heavy (non-hydrogen) atoms. The highest BCUT2D eigenvalue weighted by Gasteiger charge is 2.34. The highest BCUT2D eigenvalue weighted by molar-refractivity contribution is 5.78. The summed E-state index contributed by atoms with van der Waals surface area (Å²) in [5, 5.41) is 6.53. The first-order valence-electron chi connectivity index (χ1n) is 9.50. The third-order valence-corrected chi connectivity index (χ3v) is 5.33. The van der Waals surface area contributed by atoms with Crippen molar-refractivity contribution in [2.45, 2.75) is 63.6 Å². The Kier molecular flexibility index (Phi) is 6.25. The molecule has 2 fully saturated rings. The summed E-state index contributed by atoms with van der Waals surface area (Å²) in [5.41, 5.74) is 0.707. The van der Waals surface area contributed by atoms with Gasteiger partial charge >= 0.3 is 5.97 Å². The molecule has 3 unspecified atom stereocenters. The number of hydrogen-bond donors (Lipinski definition) is 2. The van der Waals surface area contributed by atoms with Crippen LogP contribution in [0.15, 0.2) is 24.3 Å². The zero-order chi connectivity index (χ0) is 18.5. The fourth-order valence-corrected chi connectivity index (χ4v) is 4.19. The Morgan fingerprint density at radius 2 is 1.88 bits per heavy atom. The number of benzene rings is 1. The zero-order valence-corrected chi connectivity index (χ0v) is 15.2. The number of esters is 1. The predicted molar refractivity (Wildman–Crippen MR) is 95.8 cm³/mol. The Labute approximate surface area is 153 Å². The van der Waals surface area contributed by atoms with E-state index in [4.69, 9.17) is 4.74 Å². The summed E-state index contributed by atoms with van der Waals surface area (Å²) in [6.45, 7) is 2.04. The number of rotatable bonds is 7. The van der Waals surface area contributed by atoms with Crippen LogP contribution in [-0.4, -0.2) is 30.6 Å². The maximum absolute atomic E-state index is 13.2. The van der Waals surface area contributed by atoms with E-state index in [1.165, 1.54) is 25.0 Å². The summed E-state index contributed by atoms with van der Waals surface area (Å²) in [4.78, 5) is 24.5. The maximum Gasteiger partial charge on any atom is 0.308 e. The van der Waals surface area contributed by atoms with Gasteiger partial charge in [-0.1, -0.05) is 12.1 Å². The lowest BCUT2D eigenvalue weighted by Gasteiger charge is -2.29. The van der Waals surface area contributed by atoms with Crippen LogP contribution in [0.2, 0.25) is 0 Å². The first-order chi connectivity index (χ1) is 12.5. The Balaban J connectivity index is 1.61. The molecular weight excluding hydrogens is 335 g/mol. The predicted octanol–water partition coefficient (Wildman–Crippen LogP) is 2.86. The van der Waals surface area contributed by atoms with Crippen molar-refractivity contribution in [3.8, 4) is 0 Å². The molecular formula is C20H27FN2O3. The first kappa shape index (κ1) is 18.8. The van der Waals surface area contributed by atoms with E-state index in [1.807, 2.05) is 0 Å². The molecule has 5 nitrogen and oxygen atoms in total. The van der Waals surface area contributed by atoms with E-state index in [2.05, 4.69) is 10.6 Å². The minimum Gasteiger partial charge on any atom is -0.466 e. The van der Waals surface area contributed by atoms with E-state index in [-0.39, 0.29) is 24.1 Å². The van der Waals surface area contributed by atoms with E-state index in [1.54, 1.807) is 19.1 Å². The summed E-state index contributed by atoms with van der Waals surface area (Å²) in [6.07, 6.45) is 4.97. The second-order valence-corrected chi connectivity index (χ2v) is 7.36. The van der Waals surface area contributed by atoms with Crippen LogP contribution in [0.4, 0.5) is 4.39 Å². The number of hydrogen-bond acceptors (Lipinski definition) is 4. The summed E-state index contributed by atoms with van der Waals surface area (Å²) in [6, 6.07) is 6.46. The van der Waals surface area contributed by atoms with Crippen molar-refractivity contribution in [1.82, 2.24) is 10.6 Å². The molecule has 3 rings (SSSR count). The second kappa shape index (κ2) is 8.62. The van der Waals surface area contributed by atoms with E-state index < -0.39 is 6.04 Å². The third-order valence-electron chi connectivity index (χ3n) is 5.33. The largest absolute Gasteiger partial charge is 0.466 e. The maximum atomic E-state index is 13.2. The van der Waals surface area contributed by atoms with Crippen molar-refractivity contribution in [2.24, 2.45) is 5.92 Å². The molecule has 2 N–H and O–H groups in total. The number of ether oxygens (including phenoxy) is 1. The van der Waals surface area contributed by atoms with Crippen molar-refractivity contribution in [2.75, 3.05) is 6.61 Å². The minimum absolute atomic E-state index is 0.0443. The Hall–Kier alpha value is -1.95. The monoisotopic (exact) mass is 362 g/mol. The van der Waals surface area contributed by atoms with Crippen LogP contribution in [0.25, 0.3) is 0 Å². The van der Waals surface area contributed by atoms with Gasteiger partial charge in [0.2, 0.25) is 5.91 Å². The van der Waals surface area contributed by atoms with Gasteiger partial charge in [0.25, 0.3) is 0 Å². The number of nitrogens with one attached hydrogen (secondary N) is 2. The molecule has 2 saturated heterocycles. The van der Waals surface area contributed by atoms with Crippen LogP contribution in [-0.2, 0) is 14.3 Å². The highest BCUT2D eigenvalue weighted by atomic mass is 19.1. The van der Waals surface area contributed by atoms with Gasteiger partial charge in [0.15, 0.2) is 0 Å². The molecule has 0 aliphatic carbocycles. The normalized spacial score (nSPS) is 25.5. The highest BCUT2D eigenvalue weighted by Crippen LogP contribution is 2.32. The number of halogens is 1. The molecule has 2 aliphatic rings. The Morgan fingerprint density at radius 1 is 1.23 bits per heavy atom. The van der Waals surface area contributed by atoms with Gasteiger partial charge in [-0.05, 0) is 56.2 Å². The summed E-state index contributed by atoms with van der Waals surface area (Å²) in [7, 11) is 0. The quantitative estimate of drug-likeness (QED) is 0.732. The summed E-state index contributed by atoms with van der Waals surface area (Å²) >= 11 is 0. The number of amides is 1. The van der Waals surface area contributed by atoms with Crippen LogP contribution in [0, 0.1) is 11.7 Å². The van der Waals surface area contributed by atoms with Crippen LogP contribution in [0.1, 0.15) is 57.1 Å². The van der Waals surface area contributed by atoms with Gasteiger partial charge in [0.05, 0.1) is 19.1 Å². The molecule has 1 aromatic rings. The average molecular weight is 362 g/mol. The van der Waals surface area contributed by atoms with Crippen molar-refractivity contribution in [3.05, 3.63) is 35.6 Å². The molecule has 2 heterocycles. The standard InChI is InChI=1S/C20H27FN2O3/c1-2-26-20(25)12-18(14-3-5-15(21)6-4-14)23-19(24)11-13-9-16-7-8-17(10-13)22-16/h3-6,13,16-18,22H,2,7-12H2,1H3,(H,23,24). The molecule has 0 radical (unpaired) electrons. The SMILES string of the molecule is CCOC(=O)CC(NC(=O)CC1CC2CCC(C1)N2)c1ccc(F)cc1. The van der Waals surface area contributed by atoms with E-state index >= 15 is 0 Å². The van der Waals surface area contributed by atoms with Gasteiger partial charge in [-0.2, -0.15) is 0 Å². The van der Waals surface area contributed by atoms with Gasteiger partial charge < -0.3 is 15.4 Å². The van der Waals surface area contributed by atoms with E-state index in [0.717, 1.165) is 12.8 Å². The fourth-order valence-electron chi connectivity index (χ4n) is 4.19. The molecule has 2 aliphatic heterocycles. The Morgan fingerprint density at radius 3 is 2.50 bits per heavy atom. The molecule has 0 spiro atoms. The Bertz CT molecular complexity index is 622. The average Bonchev–Trinajstić information content (AvgIpc) is 2.93. The smallest absolute Gasteiger partial charge is 0.308 e. The number of piperidine rings is 1. The molecule has 6 heteroatoms. The second-order valence-electron chi connectivity index (χ2n) is 7.36. The lowest BCUT2D eigenvalue weighted by atomic mass is 9.89. The van der Waals surface area contributed by atoms with Gasteiger partial charge in [-0.25, -0.2) is 4.39 Å². The molecule has 1 aromatic carbocycles. The van der Waals surface area contributed by atoms with Crippen LogP contribution < -0.4 is 10.6 Å². The molecule has 142 valence electrons. The summed E-state index contributed by atoms with van der Waals surface area (Å²) < 4.78 is 18.2. The number of carbonyl (C=O) groups is 2. The first-order valence-corrected chi connectivity index (χ1v) is 9.50. The molecule has 0 saturated carbocycles. The van der Waals surface area contributed by atoms with Crippen molar-refractivity contribution >= 4 is 11.9 Å². The fraction of sp³-hybridized carbons (Fsp3) is 0.600. The molecule has 1 amide bonds. The van der Waals surface area contributed by atoms with Gasteiger partial charge in [0, 0.05) is 18.5 Å². The van der Waals surface area contributed by atoms with Gasteiger partial charge in [-0.15, -0.1) is 0 Å². The molecule has 2 bridgehead atoms.